The molecule has 0 aliphatic heterocycles. The Kier molecular flexibility index (Phi) is 3.56. The van der Waals surface area contributed by atoms with Gasteiger partial charge in [0.05, 0.1) is 0 Å². The van der Waals surface area contributed by atoms with Crippen LogP contribution in [0.2, 0.25) is 13.1 Å². The average molecular weight is 99.9 g/mol. The fraction of sp³-hybridized carbons (Fsp3) is 0.500. The second-order valence-corrected chi connectivity index (χ2v) is 2.22. The van der Waals surface area contributed by atoms with Crippen molar-refractivity contribution in [3.05, 3.63) is 11.9 Å². The van der Waals surface area contributed by atoms with Crippen LogP contribution in [0, 0.1) is 0 Å². The summed E-state index contributed by atoms with van der Waals surface area (Å²) in [6.07, 6.45) is 1.14. The summed E-state index contributed by atoms with van der Waals surface area (Å²) in [7, 11) is 3.79. The summed E-state index contributed by atoms with van der Waals surface area (Å²) in [4.78, 5) is 0. The lowest BCUT2D eigenvalue weighted by molar-refractivity contribution is 1.66. The van der Waals surface area contributed by atoms with Gasteiger partial charge in [-0.1, -0.05) is 25.0 Å². The summed E-state index contributed by atoms with van der Waals surface area (Å²) in [6.45, 7) is 5.86. The molecule has 0 amide bonds. The number of allylic oxidation sites excluding steroid dienone is 1. The van der Waals surface area contributed by atoms with Gasteiger partial charge in [0.15, 0.2) is 0 Å². The lowest BCUT2D eigenvalue weighted by Crippen LogP contribution is -1.75. The lowest BCUT2D eigenvalue weighted by atomic mass is 9.78. The number of hydrogen-bond donors (Lipinski definition) is 0. The molecule has 0 spiro atoms. The van der Waals surface area contributed by atoms with Crippen LogP contribution in [0.3, 0.4) is 0 Å². The highest BCUT2D eigenvalue weighted by molar-refractivity contribution is 7.22. The van der Waals surface area contributed by atoms with Crippen molar-refractivity contribution >= 4 is 16.5 Å². The van der Waals surface area contributed by atoms with Crippen LogP contribution in [0.1, 0.15) is 0 Å². The van der Waals surface area contributed by atoms with Crippen molar-refractivity contribution in [2.75, 3.05) is 0 Å². The molecule has 0 saturated heterocycles. The van der Waals surface area contributed by atoms with Gasteiger partial charge >= 0.3 is 0 Å². The number of hydrogen-bond acceptors (Lipinski definition) is 0. The summed E-state index contributed by atoms with van der Waals surface area (Å²) >= 11 is 0. The molecule has 0 aromatic rings. The molecular formula is C4H10BP. The Morgan fingerprint density at radius 3 is 2.50 bits per heavy atom. The highest BCUT2D eigenvalue weighted by Crippen LogP contribution is 2.04. The Bertz CT molecular complexity index is 51.5. The molecule has 0 aromatic heterocycles. The second kappa shape index (κ2) is 3.43. The van der Waals surface area contributed by atoms with Gasteiger partial charge in [0, 0.05) is 0 Å². The molecule has 6 heavy (non-hydrogen) atoms. The Labute approximate surface area is 42.5 Å². The van der Waals surface area contributed by atoms with E-state index in [1.54, 1.807) is 0 Å². The standard InChI is InChI=1S/C4H10BP/c1-4(6)3-5-2/h5H,1,3,6H2,2H3. The van der Waals surface area contributed by atoms with Gasteiger partial charge in [-0.3, -0.25) is 0 Å². The fourth-order valence-electron chi connectivity index (χ4n) is 0.321. The molecule has 1 unspecified atom stereocenters. The number of rotatable bonds is 2. The van der Waals surface area contributed by atoms with Crippen molar-refractivity contribution in [1.29, 1.82) is 0 Å². The third kappa shape index (κ3) is 4.23. The summed E-state index contributed by atoms with van der Waals surface area (Å²) in [6, 6.07) is 0. The zero-order chi connectivity index (χ0) is 4.99. The van der Waals surface area contributed by atoms with Crippen molar-refractivity contribution in [1.82, 2.24) is 0 Å². The first kappa shape index (κ1) is 6.23. The van der Waals surface area contributed by atoms with E-state index in [1.807, 2.05) is 0 Å². The van der Waals surface area contributed by atoms with Crippen molar-refractivity contribution in [2.24, 2.45) is 0 Å². The maximum Gasteiger partial charge on any atom is 0.122 e. The van der Waals surface area contributed by atoms with Gasteiger partial charge in [-0.15, -0.1) is 9.24 Å². The first-order chi connectivity index (χ1) is 2.77. The van der Waals surface area contributed by atoms with E-state index in [4.69, 9.17) is 0 Å². The Balaban J connectivity index is 2.83. The SMILES string of the molecule is C=C(P)CBC. The van der Waals surface area contributed by atoms with E-state index >= 15 is 0 Å². The van der Waals surface area contributed by atoms with Crippen LogP contribution in [0.15, 0.2) is 11.9 Å². The average Bonchev–Trinajstić information content (AvgIpc) is 1.35. The first-order valence-corrected chi connectivity index (χ1v) is 2.78. The minimum atomic E-state index is 1.14. The zero-order valence-electron chi connectivity index (χ0n) is 4.20. The highest BCUT2D eigenvalue weighted by atomic mass is 31.0. The molecular weight excluding hydrogens is 89.8 g/mol. The molecule has 0 rings (SSSR count). The van der Waals surface area contributed by atoms with Crippen LogP contribution < -0.4 is 0 Å². The lowest BCUT2D eigenvalue weighted by Gasteiger charge is -1.85. The quantitative estimate of drug-likeness (QED) is 0.362. The largest absolute Gasteiger partial charge is 0.122 e. The maximum absolute atomic E-state index is 3.71. The third-order valence-corrected chi connectivity index (χ3v) is 0.860. The topological polar surface area (TPSA) is 0 Å². The predicted molar refractivity (Wildman–Crippen MR) is 36.7 cm³/mol. The van der Waals surface area contributed by atoms with E-state index in [-0.39, 0.29) is 0 Å². The molecule has 0 saturated carbocycles. The molecule has 0 aliphatic rings. The minimum Gasteiger partial charge on any atom is -0.112 e. The Hall–Kier alpha value is 0.235. The predicted octanol–water partition coefficient (Wildman–Crippen LogP) is 1.28. The molecule has 1 atom stereocenters. The molecule has 0 N–H and O–H groups in total. The van der Waals surface area contributed by atoms with Gasteiger partial charge in [0.25, 0.3) is 0 Å². The van der Waals surface area contributed by atoms with Gasteiger partial charge in [0.1, 0.15) is 7.28 Å². The summed E-state index contributed by atoms with van der Waals surface area (Å²) in [5.41, 5.74) is 0. The van der Waals surface area contributed by atoms with E-state index in [1.165, 1.54) is 12.6 Å². The second-order valence-electron chi connectivity index (χ2n) is 1.41. The minimum absolute atomic E-state index is 1.14. The van der Waals surface area contributed by atoms with Crippen molar-refractivity contribution in [3.8, 4) is 0 Å². The van der Waals surface area contributed by atoms with Gasteiger partial charge in [-0.25, -0.2) is 0 Å². The molecule has 2 heteroatoms. The van der Waals surface area contributed by atoms with Gasteiger partial charge < -0.3 is 0 Å². The smallest absolute Gasteiger partial charge is 0.112 e. The molecule has 0 nitrogen and oxygen atoms in total. The van der Waals surface area contributed by atoms with Crippen molar-refractivity contribution in [2.45, 2.75) is 13.1 Å². The summed E-state index contributed by atoms with van der Waals surface area (Å²) < 4.78 is 0. The van der Waals surface area contributed by atoms with Crippen LogP contribution in [-0.2, 0) is 0 Å². The van der Waals surface area contributed by atoms with Crippen LogP contribution in [-0.4, -0.2) is 7.28 Å². The van der Waals surface area contributed by atoms with E-state index in [9.17, 15) is 0 Å². The summed E-state index contributed by atoms with van der Waals surface area (Å²) in [5.74, 6) is 0. The Morgan fingerprint density at radius 1 is 2.00 bits per heavy atom. The zero-order valence-corrected chi connectivity index (χ0v) is 5.35. The van der Waals surface area contributed by atoms with E-state index in [0.717, 1.165) is 6.32 Å². The summed E-state index contributed by atoms with van der Waals surface area (Å²) in [5, 5.41) is 1.21. The monoisotopic (exact) mass is 100 g/mol. The van der Waals surface area contributed by atoms with E-state index in [2.05, 4.69) is 22.6 Å². The van der Waals surface area contributed by atoms with Crippen molar-refractivity contribution < 1.29 is 0 Å². The van der Waals surface area contributed by atoms with Gasteiger partial charge in [0.2, 0.25) is 0 Å². The van der Waals surface area contributed by atoms with Crippen LogP contribution in [0.25, 0.3) is 0 Å². The third-order valence-electron chi connectivity index (χ3n) is 0.571. The van der Waals surface area contributed by atoms with Gasteiger partial charge in [-0.05, 0) is 0 Å². The molecule has 0 heterocycles. The molecule has 0 bridgehead atoms. The van der Waals surface area contributed by atoms with Crippen LogP contribution in [0.5, 0.6) is 0 Å². The maximum atomic E-state index is 3.71. The first-order valence-electron chi connectivity index (χ1n) is 2.20. The van der Waals surface area contributed by atoms with Crippen LogP contribution >= 0.6 is 9.24 Å². The molecule has 0 fully saturated rings. The molecule has 0 aromatic carbocycles. The van der Waals surface area contributed by atoms with Gasteiger partial charge in [-0.2, -0.15) is 0 Å². The Morgan fingerprint density at radius 2 is 2.50 bits per heavy atom. The van der Waals surface area contributed by atoms with E-state index < -0.39 is 0 Å². The normalized spacial score (nSPS) is 7.67. The van der Waals surface area contributed by atoms with Crippen LogP contribution in [0.4, 0.5) is 0 Å². The van der Waals surface area contributed by atoms with Crippen molar-refractivity contribution in [3.63, 3.8) is 0 Å². The highest BCUT2D eigenvalue weighted by Gasteiger charge is 1.78. The molecule has 0 radical (unpaired) electrons. The molecule has 34 valence electrons. The molecule has 0 aliphatic carbocycles. The van der Waals surface area contributed by atoms with E-state index in [0.29, 0.717) is 0 Å². The fourth-order valence-corrected chi connectivity index (χ4v) is 0.610.